The Hall–Kier alpha value is -2.68. The van der Waals surface area contributed by atoms with Gasteiger partial charge in [0.2, 0.25) is 0 Å². The van der Waals surface area contributed by atoms with Crippen LogP contribution in [-0.4, -0.2) is 14.8 Å². The van der Waals surface area contributed by atoms with Gasteiger partial charge in [-0.25, -0.2) is 0 Å². The third-order valence-corrected chi connectivity index (χ3v) is 6.32. The summed E-state index contributed by atoms with van der Waals surface area (Å²) in [5.74, 6) is -0.425. The van der Waals surface area contributed by atoms with Gasteiger partial charge in [0.25, 0.3) is 17.1 Å². The fraction of sp³-hybridized carbons (Fsp3) is 0.0526. The van der Waals surface area contributed by atoms with E-state index in [0.717, 1.165) is 16.7 Å². The van der Waals surface area contributed by atoms with Gasteiger partial charge in [-0.15, -0.1) is 0 Å². The summed E-state index contributed by atoms with van der Waals surface area (Å²) in [7, 11) is 0. The normalized spacial score (nSPS) is 10.8. The molecule has 0 amide bonds. The Morgan fingerprint density at radius 3 is 1.30 bits per heavy atom. The van der Waals surface area contributed by atoms with Crippen LogP contribution >= 0.6 is 45.2 Å². The molecular formula is C19H11I2N3O6. The second-order valence-corrected chi connectivity index (χ2v) is 8.53. The van der Waals surface area contributed by atoms with Crippen molar-refractivity contribution >= 4 is 62.2 Å². The molecule has 30 heavy (non-hydrogen) atoms. The molecule has 0 aromatic heterocycles. The summed E-state index contributed by atoms with van der Waals surface area (Å²) in [6.07, 6.45) is 0. The van der Waals surface area contributed by atoms with Crippen molar-refractivity contribution in [2.75, 3.05) is 0 Å². The van der Waals surface area contributed by atoms with E-state index in [1.807, 2.05) is 45.2 Å². The third kappa shape index (κ3) is 4.56. The Balaban J connectivity index is 2.20. The Labute approximate surface area is 196 Å². The second kappa shape index (κ2) is 8.99. The predicted molar refractivity (Wildman–Crippen MR) is 126 cm³/mol. The van der Waals surface area contributed by atoms with Crippen LogP contribution in [0.3, 0.4) is 0 Å². The maximum absolute atomic E-state index is 11.1. The maximum Gasteiger partial charge on any atom is 0.270 e. The summed E-state index contributed by atoms with van der Waals surface area (Å²) in [6.45, 7) is 0. The van der Waals surface area contributed by atoms with Crippen molar-refractivity contribution in [3.05, 3.63) is 115 Å². The van der Waals surface area contributed by atoms with Crippen LogP contribution in [0.1, 0.15) is 22.6 Å². The topological polar surface area (TPSA) is 129 Å². The lowest BCUT2D eigenvalue weighted by atomic mass is 9.85. The molecule has 3 aromatic carbocycles. The molecule has 9 nitrogen and oxygen atoms in total. The third-order valence-electron chi connectivity index (χ3n) is 4.45. The molecule has 0 unspecified atom stereocenters. The summed E-state index contributed by atoms with van der Waals surface area (Å²) in [5.41, 5.74) is 2.06. The first-order valence-corrected chi connectivity index (χ1v) is 10.5. The fourth-order valence-electron chi connectivity index (χ4n) is 3.04. The van der Waals surface area contributed by atoms with Crippen LogP contribution in [0, 0.1) is 37.5 Å². The molecule has 11 heteroatoms. The first-order chi connectivity index (χ1) is 14.2. The van der Waals surface area contributed by atoms with Crippen LogP contribution in [0.5, 0.6) is 0 Å². The monoisotopic (exact) mass is 631 g/mol. The molecular weight excluding hydrogens is 620 g/mol. The van der Waals surface area contributed by atoms with Crippen molar-refractivity contribution in [2.24, 2.45) is 0 Å². The van der Waals surface area contributed by atoms with Crippen molar-refractivity contribution in [3.8, 4) is 0 Å². The van der Waals surface area contributed by atoms with Crippen LogP contribution in [0.4, 0.5) is 17.1 Å². The number of hydrogen-bond acceptors (Lipinski definition) is 6. The van der Waals surface area contributed by atoms with E-state index in [0.29, 0.717) is 7.14 Å². The van der Waals surface area contributed by atoms with Gasteiger partial charge in [-0.05, 0) is 61.9 Å². The van der Waals surface area contributed by atoms with Crippen molar-refractivity contribution in [1.82, 2.24) is 0 Å². The van der Waals surface area contributed by atoms with Gasteiger partial charge in [0.15, 0.2) is 0 Å². The molecule has 0 spiro atoms. The molecule has 0 heterocycles. The smallest absolute Gasteiger partial charge is 0.258 e. The molecule has 0 fully saturated rings. The number of nitrogens with zero attached hydrogens (tertiary/aromatic N) is 3. The van der Waals surface area contributed by atoms with E-state index < -0.39 is 20.7 Å². The van der Waals surface area contributed by atoms with Crippen molar-refractivity contribution in [2.45, 2.75) is 5.92 Å². The van der Waals surface area contributed by atoms with E-state index in [2.05, 4.69) is 0 Å². The van der Waals surface area contributed by atoms with E-state index in [1.54, 1.807) is 24.3 Å². The molecule has 0 saturated carbocycles. The van der Waals surface area contributed by atoms with Crippen LogP contribution in [0.25, 0.3) is 0 Å². The minimum Gasteiger partial charge on any atom is -0.258 e. The van der Waals surface area contributed by atoms with Gasteiger partial charge in [0.1, 0.15) is 0 Å². The molecule has 3 rings (SSSR count). The highest BCUT2D eigenvalue weighted by molar-refractivity contribution is 14.1. The summed E-state index contributed by atoms with van der Waals surface area (Å²) < 4.78 is 1.28. The number of nitro benzene ring substituents is 3. The molecule has 0 N–H and O–H groups in total. The average Bonchev–Trinajstić information content (AvgIpc) is 2.70. The number of non-ortho nitro benzene ring substituents is 3. The van der Waals surface area contributed by atoms with E-state index in [1.165, 1.54) is 36.4 Å². The fourth-order valence-corrected chi connectivity index (χ4v) is 4.66. The van der Waals surface area contributed by atoms with E-state index >= 15 is 0 Å². The van der Waals surface area contributed by atoms with Crippen LogP contribution in [-0.2, 0) is 0 Å². The first kappa shape index (κ1) is 22.0. The number of hydrogen-bond donors (Lipinski definition) is 0. The first-order valence-electron chi connectivity index (χ1n) is 8.31. The highest BCUT2D eigenvalue weighted by atomic mass is 127. The van der Waals surface area contributed by atoms with Crippen LogP contribution in [0.2, 0.25) is 0 Å². The lowest BCUT2D eigenvalue weighted by Crippen LogP contribution is -2.08. The van der Waals surface area contributed by atoms with Gasteiger partial charge in [-0.1, -0.05) is 24.3 Å². The van der Waals surface area contributed by atoms with Gasteiger partial charge in [-0.2, -0.15) is 0 Å². The highest BCUT2D eigenvalue weighted by Gasteiger charge is 2.25. The molecule has 0 bridgehead atoms. The minimum atomic E-state index is -0.496. The Morgan fingerprint density at radius 2 is 0.967 bits per heavy atom. The predicted octanol–water partition coefficient (Wildman–Crippen LogP) is 5.80. The molecule has 0 aliphatic carbocycles. The zero-order chi connectivity index (χ0) is 22.0. The van der Waals surface area contributed by atoms with Gasteiger partial charge in [-0.3, -0.25) is 30.3 Å². The quantitative estimate of drug-likeness (QED) is 0.146. The lowest BCUT2D eigenvalue weighted by Gasteiger charge is -2.21. The molecule has 0 aliphatic heterocycles. The number of nitro groups is 3. The Bertz CT molecular complexity index is 1100. The van der Waals surface area contributed by atoms with Crippen LogP contribution in [0.15, 0.2) is 60.7 Å². The Kier molecular flexibility index (Phi) is 6.60. The maximum atomic E-state index is 11.1. The molecule has 0 aliphatic rings. The second-order valence-electron chi connectivity index (χ2n) is 6.21. The van der Waals surface area contributed by atoms with E-state index in [-0.39, 0.29) is 17.1 Å². The molecule has 152 valence electrons. The summed E-state index contributed by atoms with van der Waals surface area (Å²) in [5, 5.41) is 33.2. The van der Waals surface area contributed by atoms with Gasteiger partial charge in [0, 0.05) is 49.5 Å². The minimum absolute atomic E-state index is 0.0519. The zero-order valence-electron chi connectivity index (χ0n) is 14.9. The van der Waals surface area contributed by atoms with Gasteiger partial charge >= 0.3 is 0 Å². The van der Waals surface area contributed by atoms with E-state index in [9.17, 15) is 30.3 Å². The largest absolute Gasteiger partial charge is 0.270 e. The van der Waals surface area contributed by atoms with Crippen molar-refractivity contribution < 1.29 is 14.8 Å². The van der Waals surface area contributed by atoms with Crippen LogP contribution < -0.4 is 0 Å². The molecule has 0 atom stereocenters. The number of rotatable bonds is 6. The van der Waals surface area contributed by atoms with Gasteiger partial charge in [0.05, 0.1) is 14.8 Å². The molecule has 3 aromatic rings. The zero-order valence-corrected chi connectivity index (χ0v) is 19.2. The standard InChI is InChI=1S/C19H11I2N3O6/c20-17-9-13(23(27)28)5-7-15(17)19(11-1-3-12(4-2-11)22(25)26)16-8-6-14(24(29)30)10-18(16)21/h1-10,19H. The molecule has 0 saturated heterocycles. The van der Waals surface area contributed by atoms with E-state index in [4.69, 9.17) is 0 Å². The Morgan fingerprint density at radius 1 is 0.600 bits per heavy atom. The van der Waals surface area contributed by atoms with Crippen molar-refractivity contribution in [3.63, 3.8) is 0 Å². The molecule has 0 radical (unpaired) electrons. The number of halogens is 2. The van der Waals surface area contributed by atoms with Crippen molar-refractivity contribution in [1.29, 1.82) is 0 Å². The summed E-state index contributed by atoms with van der Waals surface area (Å²) in [6, 6.07) is 15.0. The summed E-state index contributed by atoms with van der Waals surface area (Å²) in [4.78, 5) is 31.8. The number of benzene rings is 3. The SMILES string of the molecule is O=[N+]([O-])c1ccc(C(c2ccc([N+](=O)[O-])cc2I)c2ccc([N+](=O)[O-])cc2I)cc1. The highest BCUT2D eigenvalue weighted by Crippen LogP contribution is 2.39. The average molecular weight is 631 g/mol. The van der Waals surface area contributed by atoms with Gasteiger partial charge < -0.3 is 0 Å². The lowest BCUT2D eigenvalue weighted by molar-refractivity contribution is -0.385. The summed E-state index contributed by atoms with van der Waals surface area (Å²) >= 11 is 4.02.